The third-order valence-electron chi connectivity index (χ3n) is 13.4. The molecule has 0 amide bonds. The van der Waals surface area contributed by atoms with Crippen LogP contribution in [0, 0.1) is 38.4 Å². The Hall–Kier alpha value is -7.95. The van der Waals surface area contributed by atoms with Gasteiger partial charge < -0.3 is 76.6 Å². The number of rotatable bonds is 41. The summed E-state index contributed by atoms with van der Waals surface area (Å²) in [4.78, 5) is 182. The monoisotopic (exact) mass is 1040 g/mol. The zero-order chi connectivity index (χ0) is 56.4. The maximum absolute atomic E-state index is 12.6. The summed E-state index contributed by atoms with van der Waals surface area (Å²) in [5.41, 5.74) is -17.7. The van der Waals surface area contributed by atoms with Gasteiger partial charge >= 0.3 is 89.5 Å². The first-order chi connectivity index (χ1) is 33.0. The van der Waals surface area contributed by atoms with E-state index in [-0.39, 0.29) is 0 Å². The molecule has 0 rings (SSSR count). The van der Waals surface area contributed by atoms with Gasteiger partial charge in [-0.15, -0.1) is 0 Å². The Kier molecular flexibility index (Phi) is 23.4. The summed E-state index contributed by atoms with van der Waals surface area (Å²) in [6.07, 6.45) is -19.6. The molecule has 404 valence electrons. The molecular formula is C42H56O30. The average molecular weight is 1040 g/mol. The molecule has 0 spiro atoms. The van der Waals surface area contributed by atoms with Crippen molar-refractivity contribution in [2.24, 2.45) is 38.4 Å². The zero-order valence-electron chi connectivity index (χ0n) is 38.1. The molecule has 0 unspecified atom stereocenters. The minimum absolute atomic E-state index is 0.622. The highest BCUT2D eigenvalue weighted by atomic mass is 16.4. The van der Waals surface area contributed by atoms with Crippen LogP contribution in [-0.2, 0) is 71.9 Å². The molecule has 0 atom stereocenters. The van der Waals surface area contributed by atoms with Gasteiger partial charge in [-0.2, -0.15) is 0 Å². The topological polar surface area (TPSA) is 560 Å². The van der Waals surface area contributed by atoms with Gasteiger partial charge in [-0.3, -0.25) is 71.9 Å². The van der Waals surface area contributed by atoms with Crippen LogP contribution in [0.1, 0.15) is 128 Å². The van der Waals surface area contributed by atoms with Gasteiger partial charge in [0.25, 0.3) is 0 Å². The van der Waals surface area contributed by atoms with Gasteiger partial charge in [0.2, 0.25) is 0 Å². The summed E-state index contributed by atoms with van der Waals surface area (Å²) < 4.78 is 0. The number of carbonyl (C=O) groups is 15. The quantitative estimate of drug-likeness (QED) is 0.0387. The van der Waals surface area contributed by atoms with Crippen molar-refractivity contribution in [2.45, 2.75) is 128 Å². The first-order valence-electron chi connectivity index (χ1n) is 21.5. The minimum atomic E-state index is -3.05. The van der Waals surface area contributed by atoms with Crippen LogP contribution in [0.3, 0.4) is 0 Å². The molecule has 0 saturated carbocycles. The van der Waals surface area contributed by atoms with Crippen LogP contribution >= 0.6 is 0 Å². The smallest absolute Gasteiger partial charge is 0.321 e. The second kappa shape index (κ2) is 26.3. The van der Waals surface area contributed by atoms with Crippen molar-refractivity contribution in [3.63, 3.8) is 0 Å². The van der Waals surface area contributed by atoms with Crippen molar-refractivity contribution in [1.82, 2.24) is 0 Å². The minimum Gasteiger partial charge on any atom is -0.481 e. The maximum Gasteiger partial charge on any atom is 0.321 e. The average Bonchev–Trinajstić information content (AvgIpc) is 3.24. The van der Waals surface area contributed by atoms with E-state index in [1.54, 1.807) is 0 Å². The molecule has 0 aliphatic heterocycles. The Morgan fingerprint density at radius 2 is 0.389 bits per heavy atom. The Morgan fingerprint density at radius 3 is 0.528 bits per heavy atom. The van der Waals surface area contributed by atoms with Gasteiger partial charge in [0.1, 0.15) is 0 Å². The first kappa shape index (κ1) is 64.0. The Balaban J connectivity index is 6.61. The van der Waals surface area contributed by atoms with Crippen molar-refractivity contribution in [2.75, 3.05) is 0 Å². The lowest BCUT2D eigenvalue weighted by Gasteiger charge is -2.31. The highest BCUT2D eigenvalue weighted by Gasteiger charge is 2.54. The van der Waals surface area contributed by atoms with E-state index >= 15 is 0 Å². The lowest BCUT2D eigenvalue weighted by Crippen LogP contribution is -2.44. The molecule has 0 fully saturated rings. The van der Waals surface area contributed by atoms with E-state index in [1.165, 1.54) is 0 Å². The van der Waals surface area contributed by atoms with Crippen molar-refractivity contribution < 1.29 is 149 Å². The van der Waals surface area contributed by atoms with E-state index in [9.17, 15) is 133 Å². The van der Waals surface area contributed by atoms with E-state index in [2.05, 4.69) is 0 Å². The second-order valence-electron chi connectivity index (χ2n) is 17.4. The number of hydrogen-bond acceptors (Lipinski definition) is 15. The molecule has 72 heavy (non-hydrogen) atoms. The molecule has 0 radical (unpaired) electrons. The maximum atomic E-state index is 12.6. The summed E-state index contributed by atoms with van der Waals surface area (Å²) in [6.45, 7) is 0. The fraction of sp³-hybridized carbons (Fsp3) is 0.643. The largest absolute Gasteiger partial charge is 0.481 e. The number of aliphatic carboxylic acids is 15. The lowest BCUT2D eigenvalue weighted by molar-refractivity contribution is -0.171. The number of carboxylic acid groups (broad SMARTS) is 15. The highest BCUT2D eigenvalue weighted by molar-refractivity contribution is 6.02. The van der Waals surface area contributed by atoms with Crippen molar-refractivity contribution >= 4 is 89.5 Å². The molecule has 0 aromatic rings. The van der Waals surface area contributed by atoms with Crippen LogP contribution in [0.2, 0.25) is 0 Å². The summed E-state index contributed by atoms with van der Waals surface area (Å²) in [5.74, 6) is -32.7. The summed E-state index contributed by atoms with van der Waals surface area (Å²) in [5, 5.41) is 147. The van der Waals surface area contributed by atoms with E-state index in [1.807, 2.05) is 0 Å². The summed E-state index contributed by atoms with van der Waals surface area (Å²) in [6, 6.07) is 0. The SMILES string of the molecule is O=C(O)CCC(CCCC(CCCC(CCCC(CCCC(CCCC(CCCC(C(=O)O)C(=O)O)(C(=O)O)C(=O)O)(C(=O)O)C(=O)O)(C(=O)O)C(=O)O)(C(=O)O)C(=O)O)(C(=O)O)C(=O)O)(C(=O)O)C(=O)O. The van der Waals surface area contributed by atoms with Gasteiger partial charge in [-0.25, -0.2) is 0 Å². The van der Waals surface area contributed by atoms with Crippen LogP contribution in [0.25, 0.3) is 0 Å². The Morgan fingerprint density at radius 1 is 0.236 bits per heavy atom. The standard InChI is InChI=1S/C42H56O30/c43-22(44)8-20-42(35(69)70,36(71)72)19-6-18-41(33(65)66,34(67)68)17-5-16-40(31(61)62,32(63)64)15-4-14-39(29(57)58,30(59)60)13-3-12-38(27(53)54,28(55)56)11-2-10-37(25(49)50,26(51)52)9-1-7-21(23(45)46)24(47)48/h21H,1-20H2,(H,43,44)(H,45,46)(H,47,48)(H,49,50)(H,51,52)(H,53,54)(H,55,56)(H,57,58)(H,59,60)(H,61,62)(H,63,64)(H,65,66)(H,67,68)(H,69,70)(H,71,72). The molecule has 30 nitrogen and oxygen atoms in total. The molecule has 15 N–H and O–H groups in total. The lowest BCUT2D eigenvalue weighted by atomic mass is 9.70. The molecule has 0 aliphatic carbocycles. The fourth-order valence-corrected chi connectivity index (χ4v) is 8.61. The number of hydrogen-bond donors (Lipinski definition) is 15. The van der Waals surface area contributed by atoms with Crippen molar-refractivity contribution in [3.05, 3.63) is 0 Å². The van der Waals surface area contributed by atoms with Crippen LogP contribution in [-0.4, -0.2) is 166 Å². The van der Waals surface area contributed by atoms with Crippen LogP contribution in [0.5, 0.6) is 0 Å². The highest BCUT2D eigenvalue weighted by Crippen LogP contribution is 2.44. The zero-order valence-corrected chi connectivity index (χ0v) is 38.1. The van der Waals surface area contributed by atoms with Crippen LogP contribution in [0.15, 0.2) is 0 Å². The normalized spacial score (nSPS) is 12.3. The second-order valence-corrected chi connectivity index (χ2v) is 17.4. The molecule has 0 aliphatic rings. The molecule has 0 heterocycles. The van der Waals surface area contributed by atoms with Crippen LogP contribution in [0.4, 0.5) is 0 Å². The molecule has 30 heteroatoms. The third-order valence-corrected chi connectivity index (χ3v) is 13.4. The van der Waals surface area contributed by atoms with E-state index in [4.69, 9.17) is 15.3 Å². The predicted molar refractivity (Wildman–Crippen MR) is 225 cm³/mol. The van der Waals surface area contributed by atoms with Gasteiger partial charge in [0, 0.05) is 6.42 Å². The van der Waals surface area contributed by atoms with Gasteiger partial charge in [0.05, 0.1) is 0 Å². The number of carboxylic acids is 15. The van der Waals surface area contributed by atoms with E-state index in [0.717, 1.165) is 0 Å². The molecular weight excluding hydrogens is 984 g/mol. The van der Waals surface area contributed by atoms with Crippen molar-refractivity contribution in [1.29, 1.82) is 0 Å². The van der Waals surface area contributed by atoms with Gasteiger partial charge in [-0.1, -0.05) is 6.42 Å². The van der Waals surface area contributed by atoms with Gasteiger partial charge in [0.15, 0.2) is 38.4 Å². The first-order valence-corrected chi connectivity index (χ1v) is 21.5. The molecule has 0 aromatic carbocycles. The third kappa shape index (κ3) is 14.8. The van der Waals surface area contributed by atoms with E-state index in [0.29, 0.717) is 0 Å². The molecule has 0 saturated heterocycles. The van der Waals surface area contributed by atoms with Gasteiger partial charge in [-0.05, 0) is 116 Å². The molecule has 0 aromatic heterocycles. The van der Waals surface area contributed by atoms with Crippen molar-refractivity contribution in [3.8, 4) is 0 Å². The summed E-state index contributed by atoms with van der Waals surface area (Å²) in [7, 11) is 0. The molecule has 0 bridgehead atoms. The fourth-order valence-electron chi connectivity index (χ4n) is 8.61. The predicted octanol–water partition coefficient (Wildman–Crippen LogP) is 1.59. The Bertz CT molecular complexity index is 2050. The summed E-state index contributed by atoms with van der Waals surface area (Å²) >= 11 is 0. The van der Waals surface area contributed by atoms with Crippen LogP contribution < -0.4 is 0 Å². The Labute approximate surface area is 404 Å². The van der Waals surface area contributed by atoms with E-state index < -0.39 is 256 Å².